The normalized spacial score (nSPS) is 17.0. The van der Waals surface area contributed by atoms with Crippen LogP contribution in [0.2, 0.25) is 0 Å². The van der Waals surface area contributed by atoms with Crippen molar-refractivity contribution in [3.05, 3.63) is 35.6 Å². The van der Waals surface area contributed by atoms with Gasteiger partial charge in [0, 0.05) is 56.1 Å². The van der Waals surface area contributed by atoms with E-state index >= 15 is 0 Å². The highest BCUT2D eigenvalue weighted by Crippen LogP contribution is 2.23. The lowest BCUT2D eigenvalue weighted by Gasteiger charge is -2.35. The topological polar surface area (TPSA) is 69.6 Å². The van der Waals surface area contributed by atoms with Crippen molar-refractivity contribution >= 4 is 17.2 Å². The number of aliphatic hydroxyl groups excluding tert-OH is 1. The molecular weight excluding hydrogens is 324 g/mol. The molecule has 0 saturated carbocycles. The summed E-state index contributed by atoms with van der Waals surface area (Å²) in [4.78, 5) is 25.2. The van der Waals surface area contributed by atoms with Crippen molar-refractivity contribution in [2.75, 3.05) is 32.7 Å². The third-order valence-corrected chi connectivity index (χ3v) is 4.98. The first-order valence-corrected chi connectivity index (χ1v) is 9.03. The molecule has 1 aliphatic heterocycles. The van der Waals surface area contributed by atoms with Gasteiger partial charge in [-0.05, 0) is 19.1 Å². The van der Waals surface area contributed by atoms with Crippen LogP contribution < -0.4 is 0 Å². The Labute approximate surface area is 145 Å². The number of thiazole rings is 1. The molecular formula is C17H22N4O2S. The number of aromatic nitrogens is 2. The molecule has 0 radical (unpaired) electrons. The molecule has 0 aromatic carbocycles. The van der Waals surface area contributed by atoms with Crippen LogP contribution in [-0.4, -0.2) is 69.6 Å². The van der Waals surface area contributed by atoms with Gasteiger partial charge in [-0.3, -0.25) is 14.7 Å². The zero-order valence-electron chi connectivity index (χ0n) is 13.8. The van der Waals surface area contributed by atoms with Gasteiger partial charge in [-0.2, -0.15) is 0 Å². The second-order valence-electron chi connectivity index (χ2n) is 6.09. The summed E-state index contributed by atoms with van der Waals surface area (Å²) in [5.41, 5.74) is 1.79. The fourth-order valence-corrected chi connectivity index (χ4v) is 3.64. The van der Waals surface area contributed by atoms with Gasteiger partial charge in [0.05, 0.1) is 18.2 Å². The van der Waals surface area contributed by atoms with E-state index in [0.717, 1.165) is 29.4 Å². The van der Waals surface area contributed by atoms with Crippen molar-refractivity contribution in [2.45, 2.75) is 19.4 Å². The fourth-order valence-electron chi connectivity index (χ4n) is 2.83. The van der Waals surface area contributed by atoms with Crippen molar-refractivity contribution in [1.82, 2.24) is 19.8 Å². The maximum Gasteiger partial charge on any atom is 0.228 e. The summed E-state index contributed by atoms with van der Waals surface area (Å²) in [6.45, 7) is 5.52. The molecule has 1 atom stereocenters. The molecule has 1 amide bonds. The first-order chi connectivity index (χ1) is 11.6. The molecule has 1 aliphatic rings. The zero-order valence-corrected chi connectivity index (χ0v) is 14.6. The van der Waals surface area contributed by atoms with Gasteiger partial charge in [-0.15, -0.1) is 11.3 Å². The van der Waals surface area contributed by atoms with Crippen LogP contribution in [0, 0.1) is 0 Å². The molecule has 3 rings (SSSR count). The van der Waals surface area contributed by atoms with E-state index < -0.39 is 0 Å². The van der Waals surface area contributed by atoms with Crippen molar-refractivity contribution in [1.29, 1.82) is 0 Å². The summed E-state index contributed by atoms with van der Waals surface area (Å²) in [5, 5.41) is 12.3. The van der Waals surface area contributed by atoms with Gasteiger partial charge in [-0.25, -0.2) is 4.98 Å². The molecule has 128 valence electrons. The number of pyridine rings is 1. The van der Waals surface area contributed by atoms with Gasteiger partial charge in [-0.1, -0.05) is 0 Å². The average Bonchev–Trinajstić information content (AvgIpc) is 3.04. The molecule has 1 saturated heterocycles. The number of carbonyl (C=O) groups is 1. The van der Waals surface area contributed by atoms with Crippen molar-refractivity contribution < 1.29 is 9.90 Å². The molecule has 0 spiro atoms. The maximum atomic E-state index is 12.5. The Kier molecular flexibility index (Phi) is 5.55. The number of hydrogen-bond donors (Lipinski definition) is 1. The van der Waals surface area contributed by atoms with Gasteiger partial charge in [0.2, 0.25) is 5.91 Å². The summed E-state index contributed by atoms with van der Waals surface area (Å²) < 4.78 is 0. The van der Waals surface area contributed by atoms with E-state index in [1.165, 1.54) is 0 Å². The Morgan fingerprint density at radius 1 is 1.38 bits per heavy atom. The SMILES string of the molecule is C[C@H](O)CN1CCN(C(=O)Cc2csc(-c3cccnc3)n2)CC1. The van der Waals surface area contributed by atoms with E-state index in [4.69, 9.17) is 0 Å². The molecule has 7 heteroatoms. The molecule has 0 unspecified atom stereocenters. The predicted octanol–water partition coefficient (Wildman–Crippen LogP) is 1.27. The standard InChI is InChI=1S/C17H22N4O2S/c1-13(22)11-20-5-7-21(8-6-20)16(23)9-15-12-24-17(19-15)14-3-2-4-18-10-14/h2-4,10,12-13,22H,5-9,11H2,1H3/t13-/m0/s1. The molecule has 2 aromatic rings. The highest BCUT2D eigenvalue weighted by atomic mass is 32.1. The van der Waals surface area contributed by atoms with E-state index in [1.54, 1.807) is 30.7 Å². The summed E-state index contributed by atoms with van der Waals surface area (Å²) in [5.74, 6) is 0.120. The molecule has 1 N–H and O–H groups in total. The third kappa shape index (κ3) is 4.37. The quantitative estimate of drug-likeness (QED) is 0.883. The third-order valence-electron chi connectivity index (χ3n) is 4.04. The van der Waals surface area contributed by atoms with Crippen molar-refractivity contribution in [3.8, 4) is 10.6 Å². The second-order valence-corrected chi connectivity index (χ2v) is 6.95. The van der Waals surface area contributed by atoms with Gasteiger partial charge < -0.3 is 10.0 Å². The largest absolute Gasteiger partial charge is 0.392 e. The highest BCUT2D eigenvalue weighted by molar-refractivity contribution is 7.13. The maximum absolute atomic E-state index is 12.5. The van der Waals surface area contributed by atoms with Crippen molar-refractivity contribution in [2.24, 2.45) is 0 Å². The smallest absolute Gasteiger partial charge is 0.228 e. The second kappa shape index (κ2) is 7.83. The zero-order chi connectivity index (χ0) is 16.9. The number of nitrogens with zero attached hydrogens (tertiary/aromatic N) is 4. The number of amides is 1. The van der Waals surface area contributed by atoms with E-state index in [2.05, 4.69) is 14.9 Å². The summed E-state index contributed by atoms with van der Waals surface area (Å²) in [7, 11) is 0. The first-order valence-electron chi connectivity index (χ1n) is 8.15. The van der Waals surface area contributed by atoms with E-state index in [0.29, 0.717) is 26.1 Å². The van der Waals surface area contributed by atoms with Gasteiger partial charge >= 0.3 is 0 Å². The monoisotopic (exact) mass is 346 g/mol. The van der Waals surface area contributed by atoms with E-state index in [9.17, 15) is 9.90 Å². The van der Waals surface area contributed by atoms with Crippen LogP contribution >= 0.6 is 11.3 Å². The molecule has 24 heavy (non-hydrogen) atoms. The Morgan fingerprint density at radius 2 is 2.17 bits per heavy atom. The minimum atomic E-state index is -0.326. The minimum absolute atomic E-state index is 0.120. The molecule has 6 nitrogen and oxygen atoms in total. The lowest BCUT2D eigenvalue weighted by molar-refractivity contribution is -0.132. The molecule has 2 aromatic heterocycles. The van der Waals surface area contributed by atoms with Crippen LogP contribution in [0.4, 0.5) is 0 Å². The van der Waals surface area contributed by atoms with Gasteiger partial charge in [0.1, 0.15) is 5.01 Å². The molecule has 0 aliphatic carbocycles. The van der Waals surface area contributed by atoms with Crippen LogP contribution in [0.15, 0.2) is 29.9 Å². The van der Waals surface area contributed by atoms with E-state index in [-0.39, 0.29) is 12.0 Å². The number of hydrogen-bond acceptors (Lipinski definition) is 6. The molecule has 1 fully saturated rings. The number of β-amino-alcohol motifs (C(OH)–C–C–N with tert-alkyl or cyclic N) is 1. The Balaban J connectivity index is 1.54. The number of carbonyl (C=O) groups excluding carboxylic acids is 1. The average molecular weight is 346 g/mol. The fraction of sp³-hybridized carbons (Fsp3) is 0.471. The van der Waals surface area contributed by atoms with Crippen LogP contribution in [0.5, 0.6) is 0 Å². The van der Waals surface area contributed by atoms with E-state index in [1.807, 2.05) is 22.4 Å². The Morgan fingerprint density at radius 3 is 2.83 bits per heavy atom. The van der Waals surface area contributed by atoms with Gasteiger partial charge in [0.15, 0.2) is 0 Å². The van der Waals surface area contributed by atoms with Crippen LogP contribution in [0.25, 0.3) is 10.6 Å². The van der Waals surface area contributed by atoms with Crippen LogP contribution in [0.1, 0.15) is 12.6 Å². The number of aliphatic hydroxyl groups is 1. The number of rotatable bonds is 5. The lowest BCUT2D eigenvalue weighted by atomic mass is 10.2. The number of piperazine rings is 1. The molecule has 0 bridgehead atoms. The van der Waals surface area contributed by atoms with Crippen LogP contribution in [0.3, 0.4) is 0 Å². The van der Waals surface area contributed by atoms with Crippen molar-refractivity contribution in [3.63, 3.8) is 0 Å². The minimum Gasteiger partial charge on any atom is -0.392 e. The van der Waals surface area contributed by atoms with Crippen LogP contribution in [-0.2, 0) is 11.2 Å². The van der Waals surface area contributed by atoms with Gasteiger partial charge in [0.25, 0.3) is 0 Å². The Bertz CT molecular complexity index is 666. The highest BCUT2D eigenvalue weighted by Gasteiger charge is 2.22. The Hall–Kier alpha value is -1.83. The first kappa shape index (κ1) is 17.0. The summed E-state index contributed by atoms with van der Waals surface area (Å²) >= 11 is 1.54. The summed E-state index contributed by atoms with van der Waals surface area (Å²) in [6.07, 6.45) is 3.53. The molecule has 3 heterocycles. The summed E-state index contributed by atoms with van der Waals surface area (Å²) in [6, 6.07) is 3.85. The lowest BCUT2D eigenvalue weighted by Crippen LogP contribution is -2.50. The predicted molar refractivity (Wildman–Crippen MR) is 93.7 cm³/mol.